The van der Waals surface area contributed by atoms with Gasteiger partial charge in [-0.15, -0.1) is 11.3 Å². The van der Waals surface area contributed by atoms with Crippen LogP contribution in [0.3, 0.4) is 0 Å². The molecule has 1 aliphatic heterocycles. The third kappa shape index (κ3) is 6.82. The number of nitrogens with zero attached hydrogens (tertiary/aromatic N) is 3. The van der Waals surface area contributed by atoms with Crippen LogP contribution in [0.1, 0.15) is 29.7 Å². The Kier molecular flexibility index (Phi) is 7.54. The number of aryl methyl sites for hydroxylation is 1. The number of carboxylic acid groups (broad SMARTS) is 1. The van der Waals surface area contributed by atoms with Gasteiger partial charge in [-0.2, -0.15) is 18.3 Å². The predicted molar refractivity (Wildman–Crippen MR) is 106 cm³/mol. The van der Waals surface area contributed by atoms with E-state index in [-0.39, 0.29) is 0 Å². The molecule has 0 bridgehead atoms. The fourth-order valence-electron chi connectivity index (χ4n) is 3.50. The molecule has 2 aliphatic rings. The van der Waals surface area contributed by atoms with Crippen LogP contribution in [0, 0.1) is 5.92 Å². The fraction of sp³-hybridized carbons (Fsp3) is 0.600. The Bertz CT molecular complexity index is 806. The van der Waals surface area contributed by atoms with E-state index in [4.69, 9.17) is 14.6 Å². The molecule has 0 radical (unpaired) electrons. The summed E-state index contributed by atoms with van der Waals surface area (Å²) >= 11 is 1.85. The normalized spacial score (nSPS) is 22.0. The molecule has 10 heteroatoms. The minimum Gasteiger partial charge on any atom is -0.475 e. The first-order valence-electron chi connectivity index (χ1n) is 9.88. The van der Waals surface area contributed by atoms with Crippen LogP contribution in [0.5, 0.6) is 0 Å². The highest BCUT2D eigenvalue weighted by Crippen LogP contribution is 2.32. The smallest absolute Gasteiger partial charge is 0.475 e. The van der Waals surface area contributed by atoms with E-state index in [1.807, 2.05) is 29.3 Å². The Labute approximate surface area is 177 Å². The van der Waals surface area contributed by atoms with Crippen molar-refractivity contribution in [3.8, 4) is 0 Å². The summed E-state index contributed by atoms with van der Waals surface area (Å²) < 4.78 is 39.9. The van der Waals surface area contributed by atoms with E-state index in [0.717, 1.165) is 38.5 Å². The first-order valence-corrected chi connectivity index (χ1v) is 10.8. The summed E-state index contributed by atoms with van der Waals surface area (Å²) in [5, 5.41) is 13.6. The van der Waals surface area contributed by atoms with Crippen molar-refractivity contribution in [1.29, 1.82) is 0 Å². The number of rotatable bonds is 7. The van der Waals surface area contributed by atoms with Crippen molar-refractivity contribution in [3.63, 3.8) is 0 Å². The quantitative estimate of drug-likeness (QED) is 0.704. The third-order valence-electron chi connectivity index (χ3n) is 5.23. The van der Waals surface area contributed by atoms with Gasteiger partial charge in [-0.25, -0.2) is 4.79 Å². The molecule has 3 heterocycles. The maximum absolute atomic E-state index is 10.6. The van der Waals surface area contributed by atoms with Gasteiger partial charge in [-0.1, -0.05) is 6.07 Å². The van der Waals surface area contributed by atoms with E-state index in [1.165, 1.54) is 23.3 Å². The lowest BCUT2D eigenvalue weighted by Gasteiger charge is -2.27. The number of likely N-dealkylation sites (tertiary alicyclic amines) is 1. The average molecular weight is 446 g/mol. The Morgan fingerprint density at radius 3 is 2.63 bits per heavy atom. The van der Waals surface area contributed by atoms with E-state index >= 15 is 0 Å². The van der Waals surface area contributed by atoms with Gasteiger partial charge >= 0.3 is 12.1 Å². The second-order valence-electron chi connectivity index (χ2n) is 7.75. The average Bonchev–Trinajstić information content (AvgIpc) is 3.02. The lowest BCUT2D eigenvalue weighted by atomic mass is 10.0. The molecule has 2 atom stereocenters. The van der Waals surface area contributed by atoms with Crippen LogP contribution in [-0.4, -0.2) is 57.2 Å². The van der Waals surface area contributed by atoms with Gasteiger partial charge in [0.15, 0.2) is 0 Å². The molecule has 1 N–H and O–H groups in total. The molecule has 2 aromatic heterocycles. The zero-order chi connectivity index (χ0) is 21.7. The summed E-state index contributed by atoms with van der Waals surface area (Å²) in [5.41, 5.74) is 1.32. The maximum atomic E-state index is 10.6. The molecule has 6 nitrogen and oxygen atoms in total. The zero-order valence-corrected chi connectivity index (χ0v) is 17.5. The molecule has 0 unspecified atom stereocenters. The van der Waals surface area contributed by atoms with E-state index < -0.39 is 12.1 Å². The second kappa shape index (κ2) is 9.93. The molecule has 1 saturated heterocycles. The Hall–Kier alpha value is -1.91. The molecule has 30 heavy (non-hydrogen) atoms. The number of carbonyl (C=O) groups is 1. The van der Waals surface area contributed by atoms with E-state index in [0.29, 0.717) is 12.1 Å². The van der Waals surface area contributed by atoms with Crippen molar-refractivity contribution >= 4 is 17.3 Å². The van der Waals surface area contributed by atoms with Gasteiger partial charge < -0.3 is 9.84 Å². The minimum atomic E-state index is -5.08. The van der Waals surface area contributed by atoms with Crippen molar-refractivity contribution in [2.75, 3.05) is 13.2 Å². The first kappa shape index (κ1) is 22.8. The second-order valence-corrected chi connectivity index (χ2v) is 8.78. The standard InChI is InChI=1S/C18H25N3OS.C2HF3O2/c1-20-11-15(10-19-20)9-17-18(22-13-14-4-5-14)6-7-21(17)12-16-3-2-8-23-16;3-2(4,5)1(6)7/h2-3,8,10-11,14,17-18H,4-7,9,12-13H2,1H3;(H,6,7)/t17-,18-;/m0./s1. The largest absolute Gasteiger partial charge is 0.490 e. The molecule has 0 amide bonds. The molecule has 0 aromatic carbocycles. The van der Waals surface area contributed by atoms with Crippen LogP contribution in [0.4, 0.5) is 13.2 Å². The summed E-state index contributed by atoms with van der Waals surface area (Å²) in [5.74, 6) is -1.92. The third-order valence-corrected chi connectivity index (χ3v) is 6.09. The fourth-order valence-corrected chi connectivity index (χ4v) is 4.23. The zero-order valence-electron chi connectivity index (χ0n) is 16.7. The van der Waals surface area contributed by atoms with Crippen LogP contribution in [0.15, 0.2) is 29.9 Å². The van der Waals surface area contributed by atoms with Crippen LogP contribution < -0.4 is 0 Å². The Balaban J connectivity index is 0.000000318. The molecular weight excluding hydrogens is 419 g/mol. The van der Waals surface area contributed by atoms with Crippen molar-refractivity contribution in [1.82, 2.24) is 14.7 Å². The highest BCUT2D eigenvalue weighted by atomic mass is 32.1. The van der Waals surface area contributed by atoms with E-state index in [9.17, 15) is 13.2 Å². The number of hydrogen-bond donors (Lipinski definition) is 1. The number of aromatic nitrogens is 2. The van der Waals surface area contributed by atoms with Crippen LogP contribution >= 0.6 is 11.3 Å². The summed E-state index contributed by atoms with van der Waals surface area (Å²) in [7, 11) is 1.99. The number of halogens is 3. The van der Waals surface area contributed by atoms with Gasteiger partial charge in [-0.3, -0.25) is 9.58 Å². The molecular formula is C20H26F3N3O3S. The minimum absolute atomic E-state index is 0.371. The number of carboxylic acids is 1. The highest BCUT2D eigenvalue weighted by molar-refractivity contribution is 7.09. The Morgan fingerprint density at radius 2 is 2.10 bits per heavy atom. The van der Waals surface area contributed by atoms with Gasteiger partial charge in [0, 0.05) is 43.9 Å². The maximum Gasteiger partial charge on any atom is 0.490 e. The molecule has 1 saturated carbocycles. The molecule has 1 aliphatic carbocycles. The Morgan fingerprint density at radius 1 is 1.37 bits per heavy atom. The van der Waals surface area contributed by atoms with Crippen LogP contribution in [-0.2, 0) is 29.5 Å². The van der Waals surface area contributed by atoms with Crippen molar-refractivity contribution in [3.05, 3.63) is 40.3 Å². The van der Waals surface area contributed by atoms with Gasteiger partial charge in [0.2, 0.25) is 0 Å². The number of aliphatic carboxylic acids is 1. The predicted octanol–water partition coefficient (Wildman–Crippen LogP) is 3.73. The lowest BCUT2D eigenvalue weighted by molar-refractivity contribution is -0.192. The number of alkyl halides is 3. The SMILES string of the molecule is Cn1cc(C[C@H]2[C@@H](OCC3CC3)CCN2Cc2cccs2)cn1.O=C(O)C(F)(F)F. The monoisotopic (exact) mass is 445 g/mol. The van der Waals surface area contributed by atoms with Gasteiger partial charge in [0.1, 0.15) is 0 Å². The number of thiophene rings is 1. The number of hydrogen-bond acceptors (Lipinski definition) is 5. The molecule has 0 spiro atoms. The van der Waals surface area contributed by atoms with Crippen molar-refractivity contribution < 1.29 is 27.8 Å². The lowest BCUT2D eigenvalue weighted by Crippen LogP contribution is -2.38. The van der Waals surface area contributed by atoms with Crippen LogP contribution in [0.2, 0.25) is 0 Å². The number of ether oxygens (including phenoxy) is 1. The highest BCUT2D eigenvalue weighted by Gasteiger charge is 2.38. The molecule has 166 valence electrons. The summed E-state index contributed by atoms with van der Waals surface area (Å²) in [4.78, 5) is 13.0. The molecule has 2 fully saturated rings. The van der Waals surface area contributed by atoms with Crippen LogP contribution in [0.25, 0.3) is 0 Å². The molecule has 2 aromatic rings. The van der Waals surface area contributed by atoms with E-state index in [1.54, 1.807) is 0 Å². The first-order chi connectivity index (χ1) is 14.2. The van der Waals surface area contributed by atoms with Gasteiger partial charge in [0.05, 0.1) is 12.3 Å². The summed E-state index contributed by atoms with van der Waals surface area (Å²) in [6, 6.07) is 4.86. The van der Waals surface area contributed by atoms with Crippen molar-refractivity contribution in [2.45, 2.75) is 50.6 Å². The topological polar surface area (TPSA) is 67.6 Å². The van der Waals surface area contributed by atoms with Crippen molar-refractivity contribution in [2.24, 2.45) is 13.0 Å². The summed E-state index contributed by atoms with van der Waals surface area (Å²) in [6.45, 7) is 3.14. The molecule has 4 rings (SSSR count). The van der Waals surface area contributed by atoms with E-state index in [2.05, 4.69) is 33.7 Å². The van der Waals surface area contributed by atoms with Gasteiger partial charge in [0.25, 0.3) is 0 Å². The summed E-state index contributed by atoms with van der Waals surface area (Å²) in [6.07, 6.45) is 4.34. The van der Waals surface area contributed by atoms with Gasteiger partial charge in [-0.05, 0) is 48.6 Å².